The fraction of sp³-hybridized carbons (Fsp3) is 0.941. The first-order valence-electron chi connectivity index (χ1n) is 8.55. The van der Waals surface area contributed by atoms with Gasteiger partial charge in [0, 0.05) is 19.2 Å². The molecule has 0 aromatic carbocycles. The van der Waals surface area contributed by atoms with Crippen molar-refractivity contribution in [2.24, 2.45) is 22.7 Å². The maximum absolute atomic E-state index is 12.1. The van der Waals surface area contributed by atoms with E-state index in [2.05, 4.69) is 31.4 Å². The highest BCUT2D eigenvalue weighted by Gasteiger charge is 2.61. The summed E-state index contributed by atoms with van der Waals surface area (Å²) in [6.45, 7) is 9.18. The molecule has 2 amide bonds. The molecular weight excluding hydrogens is 264 g/mol. The Hall–Kier alpha value is -0.770. The average molecular weight is 294 g/mol. The summed E-state index contributed by atoms with van der Waals surface area (Å²) in [6, 6.07) is 0.290. The van der Waals surface area contributed by atoms with Gasteiger partial charge in [-0.3, -0.25) is 0 Å². The molecule has 3 atom stereocenters. The Labute approximate surface area is 128 Å². The maximum atomic E-state index is 12.1. The molecule has 0 aromatic heterocycles. The van der Waals surface area contributed by atoms with E-state index in [1.807, 2.05) is 0 Å². The Balaban J connectivity index is 1.39. The summed E-state index contributed by atoms with van der Waals surface area (Å²) in [7, 11) is 0. The third-order valence-electron chi connectivity index (χ3n) is 6.68. The van der Waals surface area contributed by atoms with Crippen LogP contribution in [0, 0.1) is 22.7 Å². The van der Waals surface area contributed by atoms with Crippen LogP contribution in [0.3, 0.4) is 0 Å². The number of urea groups is 1. The predicted octanol–water partition coefficient (Wildman–Crippen LogP) is 2.93. The van der Waals surface area contributed by atoms with Gasteiger partial charge in [-0.2, -0.15) is 0 Å². The number of rotatable bonds is 6. The van der Waals surface area contributed by atoms with Crippen LogP contribution in [0.25, 0.3) is 0 Å². The minimum atomic E-state index is -0.0282. The first kappa shape index (κ1) is 15.1. The second-order valence-corrected chi connectivity index (χ2v) is 8.08. The Morgan fingerprint density at radius 1 is 1.24 bits per heavy atom. The van der Waals surface area contributed by atoms with Crippen LogP contribution in [-0.4, -0.2) is 31.8 Å². The molecule has 21 heavy (non-hydrogen) atoms. The number of carbonyl (C=O) groups is 1. The molecule has 2 N–H and O–H groups in total. The molecule has 2 bridgehead atoms. The third-order valence-corrected chi connectivity index (χ3v) is 6.68. The molecule has 0 spiro atoms. The summed E-state index contributed by atoms with van der Waals surface area (Å²) < 4.78 is 5.54. The highest BCUT2D eigenvalue weighted by molar-refractivity contribution is 5.74. The smallest absolute Gasteiger partial charge is 0.315 e. The number of hydrogen-bond acceptors (Lipinski definition) is 2. The van der Waals surface area contributed by atoms with Crippen molar-refractivity contribution >= 4 is 6.03 Å². The second-order valence-electron chi connectivity index (χ2n) is 8.08. The predicted molar refractivity (Wildman–Crippen MR) is 83.1 cm³/mol. The Morgan fingerprint density at radius 2 is 2.00 bits per heavy atom. The molecule has 3 unspecified atom stereocenters. The fourth-order valence-electron chi connectivity index (χ4n) is 4.40. The third kappa shape index (κ3) is 2.79. The van der Waals surface area contributed by atoms with Gasteiger partial charge < -0.3 is 15.4 Å². The van der Waals surface area contributed by atoms with E-state index in [0.717, 1.165) is 24.9 Å². The number of fused-ring (bicyclic) bond motifs is 2. The van der Waals surface area contributed by atoms with Crippen LogP contribution >= 0.6 is 0 Å². The molecule has 0 radical (unpaired) electrons. The van der Waals surface area contributed by atoms with Crippen molar-refractivity contribution in [3.63, 3.8) is 0 Å². The summed E-state index contributed by atoms with van der Waals surface area (Å²) in [6.07, 6.45) is 6.31. The zero-order valence-electron chi connectivity index (χ0n) is 13.7. The molecule has 0 heterocycles. The number of amides is 2. The number of carbonyl (C=O) groups excluding carboxylic acids is 1. The normalized spacial score (nSPS) is 36.7. The van der Waals surface area contributed by atoms with Crippen LogP contribution in [0.15, 0.2) is 0 Å². The van der Waals surface area contributed by atoms with Crippen LogP contribution < -0.4 is 10.6 Å². The van der Waals surface area contributed by atoms with Crippen molar-refractivity contribution in [3.8, 4) is 0 Å². The highest BCUT2D eigenvalue weighted by Crippen LogP contribution is 2.65. The van der Waals surface area contributed by atoms with Gasteiger partial charge in [-0.05, 0) is 54.8 Å². The van der Waals surface area contributed by atoms with Crippen molar-refractivity contribution < 1.29 is 9.53 Å². The molecule has 0 aliphatic heterocycles. The average Bonchev–Trinajstić information content (AvgIpc) is 3.18. The summed E-state index contributed by atoms with van der Waals surface area (Å²) in [4.78, 5) is 12.1. The largest absolute Gasteiger partial charge is 0.379 e. The van der Waals surface area contributed by atoms with Gasteiger partial charge in [-0.15, -0.1) is 0 Å². The van der Waals surface area contributed by atoms with E-state index in [4.69, 9.17) is 4.74 Å². The Morgan fingerprint density at radius 3 is 2.57 bits per heavy atom. The van der Waals surface area contributed by atoms with Gasteiger partial charge in [-0.1, -0.05) is 20.8 Å². The van der Waals surface area contributed by atoms with Crippen molar-refractivity contribution in [2.45, 2.75) is 58.9 Å². The Kier molecular flexibility index (Phi) is 3.93. The monoisotopic (exact) mass is 294 g/mol. The SMILES string of the molecule is CC1(C)C2CCC1(C)C(NC(=O)NCCOCC1CC1)C2. The molecule has 3 aliphatic carbocycles. The van der Waals surface area contributed by atoms with Gasteiger partial charge >= 0.3 is 6.03 Å². The molecule has 120 valence electrons. The molecule has 3 saturated carbocycles. The van der Waals surface area contributed by atoms with E-state index >= 15 is 0 Å². The maximum Gasteiger partial charge on any atom is 0.315 e. The lowest BCUT2D eigenvalue weighted by molar-refractivity contribution is 0.118. The first-order chi connectivity index (χ1) is 9.93. The molecule has 0 aromatic rings. The van der Waals surface area contributed by atoms with E-state index in [9.17, 15) is 4.79 Å². The van der Waals surface area contributed by atoms with Gasteiger partial charge in [0.15, 0.2) is 0 Å². The minimum absolute atomic E-state index is 0.0282. The van der Waals surface area contributed by atoms with Crippen molar-refractivity contribution in [3.05, 3.63) is 0 Å². The van der Waals surface area contributed by atoms with Gasteiger partial charge in [0.2, 0.25) is 0 Å². The van der Waals surface area contributed by atoms with Gasteiger partial charge in [0.1, 0.15) is 0 Å². The highest BCUT2D eigenvalue weighted by atomic mass is 16.5. The quantitative estimate of drug-likeness (QED) is 0.740. The van der Waals surface area contributed by atoms with E-state index in [0.29, 0.717) is 24.6 Å². The Bertz CT molecular complexity index is 406. The van der Waals surface area contributed by atoms with E-state index < -0.39 is 0 Å². The summed E-state index contributed by atoms with van der Waals surface area (Å²) >= 11 is 0. The lowest BCUT2D eigenvalue weighted by Crippen LogP contribution is -2.50. The van der Waals surface area contributed by atoms with Crippen molar-refractivity contribution in [1.29, 1.82) is 0 Å². The molecule has 3 fully saturated rings. The van der Waals surface area contributed by atoms with Crippen molar-refractivity contribution in [1.82, 2.24) is 10.6 Å². The van der Waals surface area contributed by atoms with Gasteiger partial charge in [0.25, 0.3) is 0 Å². The summed E-state index contributed by atoms with van der Waals surface area (Å²) in [5.74, 6) is 1.55. The van der Waals surface area contributed by atoms with Crippen LogP contribution in [0.1, 0.15) is 52.9 Å². The molecule has 3 rings (SSSR count). The second kappa shape index (κ2) is 5.45. The molecule has 3 aliphatic rings. The van der Waals surface area contributed by atoms with E-state index in [1.165, 1.54) is 25.7 Å². The molecule has 0 saturated heterocycles. The van der Waals surface area contributed by atoms with Crippen LogP contribution in [0.5, 0.6) is 0 Å². The van der Waals surface area contributed by atoms with Crippen LogP contribution in [-0.2, 0) is 4.74 Å². The van der Waals surface area contributed by atoms with E-state index in [1.54, 1.807) is 0 Å². The van der Waals surface area contributed by atoms with Gasteiger partial charge in [0.05, 0.1) is 6.61 Å². The zero-order chi connectivity index (χ0) is 15.1. The number of nitrogens with one attached hydrogen (secondary N) is 2. The fourth-order valence-corrected chi connectivity index (χ4v) is 4.40. The van der Waals surface area contributed by atoms with Crippen molar-refractivity contribution in [2.75, 3.05) is 19.8 Å². The zero-order valence-corrected chi connectivity index (χ0v) is 13.7. The lowest BCUT2D eigenvalue weighted by Gasteiger charge is -2.39. The number of ether oxygens (including phenoxy) is 1. The topological polar surface area (TPSA) is 50.4 Å². The summed E-state index contributed by atoms with van der Waals surface area (Å²) in [5.41, 5.74) is 0.593. The standard InChI is InChI=1S/C17H30N2O2/c1-16(2)13-6-7-17(16,3)14(10-13)19-15(20)18-8-9-21-11-12-4-5-12/h12-14H,4-11H2,1-3H3,(H2,18,19,20). The molecule has 4 nitrogen and oxygen atoms in total. The number of hydrogen-bond donors (Lipinski definition) is 2. The summed E-state index contributed by atoms with van der Waals surface area (Å²) in [5, 5.41) is 6.15. The molecular formula is C17H30N2O2. The minimum Gasteiger partial charge on any atom is -0.379 e. The van der Waals surface area contributed by atoms with Gasteiger partial charge in [-0.25, -0.2) is 4.79 Å². The molecule has 4 heteroatoms. The van der Waals surface area contributed by atoms with Crippen LogP contribution in [0.2, 0.25) is 0 Å². The first-order valence-corrected chi connectivity index (χ1v) is 8.55. The lowest BCUT2D eigenvalue weighted by atomic mass is 9.69. The van der Waals surface area contributed by atoms with E-state index in [-0.39, 0.29) is 11.4 Å². The van der Waals surface area contributed by atoms with Crippen LogP contribution in [0.4, 0.5) is 4.79 Å².